The lowest BCUT2D eigenvalue weighted by Gasteiger charge is -2.30. The van der Waals surface area contributed by atoms with Gasteiger partial charge in [-0.25, -0.2) is 4.90 Å². The number of rotatable bonds is 2. The molecule has 0 radical (unpaired) electrons. The van der Waals surface area contributed by atoms with Crippen molar-refractivity contribution in [1.82, 2.24) is 4.90 Å². The van der Waals surface area contributed by atoms with Gasteiger partial charge in [0, 0.05) is 24.6 Å². The van der Waals surface area contributed by atoms with E-state index in [2.05, 4.69) is 4.90 Å². The number of hydrogen-bond acceptors (Lipinski definition) is 4. The number of carbonyl (C=O) groups is 2. The van der Waals surface area contributed by atoms with Crippen LogP contribution in [0.3, 0.4) is 0 Å². The number of amides is 2. The van der Waals surface area contributed by atoms with Crippen molar-refractivity contribution < 1.29 is 9.59 Å². The molecule has 1 aromatic carbocycles. The van der Waals surface area contributed by atoms with Crippen LogP contribution < -0.4 is 4.90 Å². The molecule has 20 heavy (non-hydrogen) atoms. The van der Waals surface area contributed by atoms with Crippen molar-refractivity contribution in [2.45, 2.75) is 19.4 Å². The summed E-state index contributed by atoms with van der Waals surface area (Å²) in [6.07, 6.45) is 0.317. The maximum Gasteiger partial charge on any atom is 0.251 e. The molecule has 2 aliphatic rings. The van der Waals surface area contributed by atoms with Crippen molar-refractivity contribution in [2.75, 3.05) is 29.5 Å². The lowest BCUT2D eigenvalue weighted by Crippen LogP contribution is -2.45. The summed E-state index contributed by atoms with van der Waals surface area (Å²) >= 11 is 1.91. The van der Waals surface area contributed by atoms with Gasteiger partial charge in [0.2, 0.25) is 5.91 Å². The maximum atomic E-state index is 12.6. The summed E-state index contributed by atoms with van der Waals surface area (Å²) in [5, 5.41) is 0. The minimum atomic E-state index is -0.260. The summed E-state index contributed by atoms with van der Waals surface area (Å²) in [5.41, 5.74) is 1.82. The van der Waals surface area contributed by atoms with E-state index in [1.165, 1.54) is 4.90 Å². The van der Waals surface area contributed by atoms with Crippen LogP contribution >= 0.6 is 11.8 Å². The molecule has 1 aromatic rings. The summed E-state index contributed by atoms with van der Waals surface area (Å²) < 4.78 is 0. The fraction of sp³-hybridized carbons (Fsp3) is 0.467. The summed E-state index contributed by atoms with van der Waals surface area (Å²) in [7, 11) is 0. The second-order valence-electron chi connectivity index (χ2n) is 5.27. The van der Waals surface area contributed by atoms with Crippen LogP contribution in [-0.4, -0.2) is 47.4 Å². The van der Waals surface area contributed by atoms with Gasteiger partial charge in [0.15, 0.2) is 0 Å². The Balaban J connectivity index is 1.81. The van der Waals surface area contributed by atoms with Crippen LogP contribution in [0.15, 0.2) is 24.3 Å². The number of nitrogens with zero attached hydrogens (tertiary/aromatic N) is 2. The van der Waals surface area contributed by atoms with Crippen molar-refractivity contribution in [3.05, 3.63) is 29.8 Å². The molecule has 2 aliphatic heterocycles. The molecule has 0 aromatic heterocycles. The van der Waals surface area contributed by atoms with Crippen molar-refractivity contribution >= 4 is 29.3 Å². The minimum absolute atomic E-state index is 0.0641. The fourth-order valence-corrected chi connectivity index (χ4v) is 3.69. The van der Waals surface area contributed by atoms with E-state index in [-0.39, 0.29) is 17.9 Å². The van der Waals surface area contributed by atoms with Crippen LogP contribution in [0.25, 0.3) is 0 Å². The average Bonchev–Trinajstić information content (AvgIpc) is 2.76. The van der Waals surface area contributed by atoms with E-state index in [0.717, 1.165) is 30.2 Å². The zero-order valence-corrected chi connectivity index (χ0v) is 12.4. The molecule has 1 atom stereocenters. The highest BCUT2D eigenvalue weighted by molar-refractivity contribution is 7.99. The van der Waals surface area contributed by atoms with Crippen LogP contribution in [-0.2, 0) is 9.59 Å². The smallest absolute Gasteiger partial charge is 0.251 e. The Morgan fingerprint density at radius 1 is 1.10 bits per heavy atom. The van der Waals surface area contributed by atoms with Crippen LogP contribution in [0.1, 0.15) is 12.0 Å². The Hall–Kier alpha value is -1.33. The third kappa shape index (κ3) is 2.47. The molecule has 4 nitrogen and oxygen atoms in total. The van der Waals surface area contributed by atoms with Gasteiger partial charge < -0.3 is 0 Å². The lowest BCUT2D eigenvalue weighted by molar-refractivity contribution is -0.122. The fourth-order valence-electron chi connectivity index (χ4n) is 2.76. The van der Waals surface area contributed by atoms with Gasteiger partial charge >= 0.3 is 0 Å². The van der Waals surface area contributed by atoms with Crippen molar-refractivity contribution in [3.63, 3.8) is 0 Å². The number of thioether (sulfide) groups is 1. The Bertz CT molecular complexity index is 523. The van der Waals surface area contributed by atoms with E-state index in [1.54, 1.807) is 0 Å². The van der Waals surface area contributed by atoms with Crippen LogP contribution in [0.2, 0.25) is 0 Å². The zero-order valence-electron chi connectivity index (χ0n) is 11.5. The van der Waals surface area contributed by atoms with E-state index in [0.29, 0.717) is 12.1 Å². The van der Waals surface area contributed by atoms with Gasteiger partial charge in [-0.2, -0.15) is 11.8 Å². The van der Waals surface area contributed by atoms with Gasteiger partial charge in [-0.05, 0) is 19.1 Å². The monoisotopic (exact) mass is 290 g/mol. The standard InChI is InChI=1S/C15H18N2O2S/c1-11-2-4-12(5-3-11)17-14(18)10-13(15(17)19)16-6-8-20-9-7-16/h2-5,13H,6-10H2,1H3/t13-/m0/s1. The van der Waals surface area contributed by atoms with Gasteiger partial charge in [-0.15, -0.1) is 0 Å². The molecule has 0 unspecified atom stereocenters. The average molecular weight is 290 g/mol. The Labute approximate surface area is 123 Å². The molecule has 2 heterocycles. The quantitative estimate of drug-likeness (QED) is 0.777. The number of aryl methyl sites for hydroxylation is 1. The van der Waals surface area contributed by atoms with Crippen molar-refractivity contribution in [1.29, 1.82) is 0 Å². The highest BCUT2D eigenvalue weighted by Gasteiger charge is 2.42. The molecule has 5 heteroatoms. The van der Waals surface area contributed by atoms with E-state index in [9.17, 15) is 9.59 Å². The van der Waals surface area contributed by atoms with Crippen LogP contribution in [0.5, 0.6) is 0 Å². The van der Waals surface area contributed by atoms with Crippen molar-refractivity contribution in [2.24, 2.45) is 0 Å². The third-order valence-corrected chi connectivity index (χ3v) is 4.84. The predicted octanol–water partition coefficient (Wildman–Crippen LogP) is 1.68. The van der Waals surface area contributed by atoms with Crippen LogP contribution in [0, 0.1) is 6.92 Å². The van der Waals surface area contributed by atoms with Crippen LogP contribution in [0.4, 0.5) is 5.69 Å². The predicted molar refractivity (Wildman–Crippen MR) is 81.0 cm³/mol. The van der Waals surface area contributed by atoms with Gasteiger partial charge in [0.25, 0.3) is 5.91 Å². The van der Waals surface area contributed by atoms with E-state index in [4.69, 9.17) is 0 Å². The highest BCUT2D eigenvalue weighted by Crippen LogP contribution is 2.27. The Morgan fingerprint density at radius 3 is 2.40 bits per heavy atom. The summed E-state index contributed by atoms with van der Waals surface area (Å²) in [4.78, 5) is 28.3. The number of carbonyl (C=O) groups excluding carboxylic acids is 2. The van der Waals surface area contributed by atoms with E-state index < -0.39 is 0 Å². The Kier molecular flexibility index (Phi) is 3.81. The molecule has 2 fully saturated rings. The van der Waals surface area contributed by atoms with Gasteiger partial charge in [0.1, 0.15) is 0 Å². The summed E-state index contributed by atoms with van der Waals surface area (Å²) in [6.45, 7) is 3.79. The molecule has 3 rings (SSSR count). The SMILES string of the molecule is Cc1ccc(N2C(=O)C[C@H](N3CCSCC3)C2=O)cc1. The van der Waals surface area contributed by atoms with Crippen molar-refractivity contribution in [3.8, 4) is 0 Å². The number of anilines is 1. The highest BCUT2D eigenvalue weighted by atomic mass is 32.2. The van der Waals surface area contributed by atoms with E-state index >= 15 is 0 Å². The largest absolute Gasteiger partial charge is 0.290 e. The van der Waals surface area contributed by atoms with Gasteiger partial charge in [-0.3, -0.25) is 14.5 Å². The molecule has 0 saturated carbocycles. The second-order valence-corrected chi connectivity index (χ2v) is 6.50. The first-order chi connectivity index (χ1) is 9.66. The second kappa shape index (κ2) is 5.58. The topological polar surface area (TPSA) is 40.6 Å². The molecule has 106 valence electrons. The summed E-state index contributed by atoms with van der Waals surface area (Å²) in [5.74, 6) is 1.94. The van der Waals surface area contributed by atoms with Gasteiger partial charge in [-0.1, -0.05) is 17.7 Å². The molecule has 0 bridgehead atoms. The molecule has 0 aliphatic carbocycles. The normalized spacial score (nSPS) is 24.4. The zero-order chi connectivity index (χ0) is 14.1. The molecule has 0 N–H and O–H groups in total. The first kappa shape index (κ1) is 13.6. The molecular weight excluding hydrogens is 272 g/mol. The minimum Gasteiger partial charge on any atom is -0.290 e. The number of imide groups is 1. The molecule has 0 spiro atoms. The lowest BCUT2D eigenvalue weighted by atomic mass is 10.2. The maximum absolute atomic E-state index is 12.6. The summed E-state index contributed by atoms with van der Waals surface area (Å²) in [6, 6.07) is 7.30. The molecule has 2 amide bonds. The first-order valence-electron chi connectivity index (χ1n) is 6.92. The molecule has 2 saturated heterocycles. The molecular formula is C15H18N2O2S. The first-order valence-corrected chi connectivity index (χ1v) is 8.07. The number of hydrogen-bond donors (Lipinski definition) is 0. The number of benzene rings is 1. The third-order valence-electron chi connectivity index (χ3n) is 3.90. The van der Waals surface area contributed by atoms with Gasteiger partial charge in [0.05, 0.1) is 18.2 Å². The van der Waals surface area contributed by atoms with E-state index in [1.807, 2.05) is 43.0 Å². The Morgan fingerprint density at radius 2 is 1.75 bits per heavy atom.